The molecule has 28 heavy (non-hydrogen) atoms. The van der Waals surface area contributed by atoms with E-state index < -0.39 is 0 Å². The molecule has 1 N–H and O–H groups in total. The first-order chi connectivity index (χ1) is 13.6. The maximum Gasteiger partial charge on any atom is 0.254 e. The summed E-state index contributed by atoms with van der Waals surface area (Å²) in [5, 5.41) is 7.65. The molecule has 152 valence electrons. The quantitative estimate of drug-likeness (QED) is 0.523. The Morgan fingerprint density at radius 2 is 2.18 bits per heavy atom. The van der Waals surface area contributed by atoms with Crippen molar-refractivity contribution in [3.05, 3.63) is 40.9 Å². The van der Waals surface area contributed by atoms with Crippen molar-refractivity contribution >= 4 is 17.7 Å². The van der Waals surface area contributed by atoms with E-state index >= 15 is 0 Å². The number of hydrogen-bond donors (Lipinski definition) is 1. The Morgan fingerprint density at radius 1 is 1.36 bits per heavy atom. The van der Waals surface area contributed by atoms with Crippen molar-refractivity contribution in [2.75, 3.05) is 13.2 Å². The SMILES string of the molecule is Cc1noc(C)c1CSc1ncccc1C(=O)NCCO[C@H]1CCCC[C@@H]1C. The van der Waals surface area contributed by atoms with Crippen LogP contribution >= 0.6 is 11.8 Å². The van der Waals surface area contributed by atoms with Crippen LogP contribution in [-0.2, 0) is 10.5 Å². The molecule has 1 fully saturated rings. The molecule has 2 heterocycles. The van der Waals surface area contributed by atoms with E-state index in [1.54, 1.807) is 12.3 Å². The van der Waals surface area contributed by atoms with Crippen LogP contribution in [0.5, 0.6) is 0 Å². The lowest BCUT2D eigenvalue weighted by Gasteiger charge is -2.28. The minimum atomic E-state index is -0.116. The van der Waals surface area contributed by atoms with Gasteiger partial charge in [-0.2, -0.15) is 0 Å². The lowest BCUT2D eigenvalue weighted by atomic mass is 9.88. The van der Waals surface area contributed by atoms with Crippen LogP contribution in [0.3, 0.4) is 0 Å². The van der Waals surface area contributed by atoms with Crippen molar-refractivity contribution in [2.45, 2.75) is 63.3 Å². The van der Waals surface area contributed by atoms with E-state index in [0.717, 1.165) is 23.4 Å². The van der Waals surface area contributed by atoms with Gasteiger partial charge in [0.25, 0.3) is 5.91 Å². The highest BCUT2D eigenvalue weighted by Crippen LogP contribution is 2.27. The fourth-order valence-corrected chi connectivity index (χ4v) is 4.67. The van der Waals surface area contributed by atoms with Crippen molar-refractivity contribution in [3.8, 4) is 0 Å². The number of nitrogens with one attached hydrogen (secondary N) is 1. The van der Waals surface area contributed by atoms with Crippen molar-refractivity contribution in [3.63, 3.8) is 0 Å². The third kappa shape index (κ3) is 5.35. The van der Waals surface area contributed by atoms with Crippen molar-refractivity contribution in [1.82, 2.24) is 15.5 Å². The van der Waals surface area contributed by atoms with Gasteiger partial charge in [0, 0.05) is 24.1 Å². The second-order valence-electron chi connectivity index (χ2n) is 7.37. The van der Waals surface area contributed by atoms with Crippen LogP contribution < -0.4 is 5.32 Å². The number of aryl methyl sites for hydroxylation is 2. The summed E-state index contributed by atoms with van der Waals surface area (Å²) in [7, 11) is 0. The lowest BCUT2D eigenvalue weighted by Crippen LogP contribution is -2.32. The average molecular weight is 404 g/mol. The molecule has 1 amide bonds. The minimum Gasteiger partial charge on any atom is -0.376 e. The van der Waals surface area contributed by atoms with Gasteiger partial charge in [0.1, 0.15) is 10.8 Å². The van der Waals surface area contributed by atoms with E-state index in [1.807, 2.05) is 19.9 Å². The van der Waals surface area contributed by atoms with Gasteiger partial charge in [0.15, 0.2) is 0 Å². The Balaban J connectivity index is 1.51. The molecule has 0 aliphatic heterocycles. The zero-order valence-electron chi connectivity index (χ0n) is 16.9. The Kier molecular flexibility index (Phi) is 7.50. The summed E-state index contributed by atoms with van der Waals surface area (Å²) in [5.74, 6) is 1.96. The number of ether oxygens (including phenoxy) is 1. The van der Waals surface area contributed by atoms with Crippen LogP contribution in [0.2, 0.25) is 0 Å². The van der Waals surface area contributed by atoms with Gasteiger partial charge in [0.2, 0.25) is 0 Å². The van der Waals surface area contributed by atoms with E-state index in [0.29, 0.717) is 41.5 Å². The summed E-state index contributed by atoms with van der Waals surface area (Å²) in [5.41, 5.74) is 2.52. The highest BCUT2D eigenvalue weighted by molar-refractivity contribution is 7.98. The van der Waals surface area contributed by atoms with Crippen LogP contribution in [0.25, 0.3) is 0 Å². The second kappa shape index (κ2) is 10.1. The Morgan fingerprint density at radius 3 is 2.93 bits per heavy atom. The van der Waals surface area contributed by atoms with Gasteiger partial charge in [0.05, 0.1) is 24.0 Å². The monoisotopic (exact) mass is 403 g/mol. The number of pyridine rings is 1. The number of carbonyl (C=O) groups is 1. The van der Waals surface area contributed by atoms with Crippen LogP contribution in [0.1, 0.15) is 60.0 Å². The fraction of sp³-hybridized carbons (Fsp3) is 0.571. The number of nitrogens with zero attached hydrogens (tertiary/aromatic N) is 2. The smallest absolute Gasteiger partial charge is 0.254 e. The van der Waals surface area contributed by atoms with Gasteiger partial charge in [-0.25, -0.2) is 4.98 Å². The Labute approximate surface area is 170 Å². The fourth-order valence-electron chi connectivity index (χ4n) is 3.53. The van der Waals surface area contributed by atoms with Crippen LogP contribution in [0.15, 0.2) is 27.9 Å². The molecule has 0 radical (unpaired) electrons. The van der Waals surface area contributed by atoms with E-state index in [2.05, 4.69) is 22.4 Å². The van der Waals surface area contributed by atoms with E-state index in [4.69, 9.17) is 9.26 Å². The number of aromatic nitrogens is 2. The lowest BCUT2D eigenvalue weighted by molar-refractivity contribution is -0.00294. The first-order valence-corrected chi connectivity index (χ1v) is 10.9. The molecule has 1 aliphatic rings. The normalized spacial score (nSPS) is 19.5. The molecule has 2 aromatic rings. The van der Waals surface area contributed by atoms with Crippen LogP contribution in [0, 0.1) is 19.8 Å². The number of hydrogen-bond acceptors (Lipinski definition) is 6. The number of carbonyl (C=O) groups excluding carboxylic acids is 1. The van der Waals surface area contributed by atoms with E-state index in [-0.39, 0.29) is 5.91 Å². The maximum absolute atomic E-state index is 12.6. The molecular weight excluding hydrogens is 374 g/mol. The van der Waals surface area contributed by atoms with E-state index in [9.17, 15) is 4.79 Å². The predicted octanol–water partition coefficient (Wildman–Crippen LogP) is 4.30. The molecule has 0 spiro atoms. The van der Waals surface area contributed by atoms with Gasteiger partial charge in [-0.05, 0) is 44.7 Å². The molecule has 6 nitrogen and oxygen atoms in total. The molecule has 2 atom stereocenters. The molecule has 1 aliphatic carbocycles. The zero-order valence-corrected chi connectivity index (χ0v) is 17.7. The first kappa shape index (κ1) is 20.9. The molecular formula is C21H29N3O3S. The van der Waals surface area contributed by atoms with Gasteiger partial charge < -0.3 is 14.6 Å². The third-order valence-electron chi connectivity index (χ3n) is 5.30. The minimum absolute atomic E-state index is 0.116. The van der Waals surface area contributed by atoms with Gasteiger partial charge in [-0.1, -0.05) is 24.9 Å². The maximum atomic E-state index is 12.6. The van der Waals surface area contributed by atoms with Gasteiger partial charge >= 0.3 is 0 Å². The summed E-state index contributed by atoms with van der Waals surface area (Å²) in [6.45, 7) is 7.12. The van der Waals surface area contributed by atoms with Crippen LogP contribution in [-0.4, -0.2) is 35.3 Å². The number of rotatable bonds is 8. The van der Waals surface area contributed by atoms with Crippen LogP contribution in [0.4, 0.5) is 0 Å². The Bertz CT molecular complexity index is 773. The number of amides is 1. The average Bonchev–Trinajstić information content (AvgIpc) is 3.02. The predicted molar refractivity (Wildman–Crippen MR) is 109 cm³/mol. The summed E-state index contributed by atoms with van der Waals surface area (Å²) < 4.78 is 11.2. The molecule has 2 aromatic heterocycles. The topological polar surface area (TPSA) is 77.2 Å². The molecule has 0 unspecified atom stereocenters. The molecule has 0 bridgehead atoms. The standard InChI is InChI=1S/C21H29N3O3S/c1-14-7-4-5-9-19(14)26-12-11-22-20(25)17-8-6-10-23-21(17)28-13-18-15(2)24-27-16(18)3/h6,8,10,14,19H,4-5,7,9,11-13H2,1-3H3,(H,22,25)/t14-,19-/m0/s1. The largest absolute Gasteiger partial charge is 0.376 e. The first-order valence-electron chi connectivity index (χ1n) is 9.95. The molecule has 1 saturated carbocycles. The van der Waals surface area contributed by atoms with Crippen molar-refractivity contribution in [2.24, 2.45) is 5.92 Å². The third-order valence-corrected chi connectivity index (χ3v) is 6.33. The van der Waals surface area contributed by atoms with Gasteiger partial charge in [-0.3, -0.25) is 4.79 Å². The summed E-state index contributed by atoms with van der Waals surface area (Å²) in [6, 6.07) is 3.59. The molecule has 0 saturated heterocycles. The highest BCUT2D eigenvalue weighted by atomic mass is 32.2. The van der Waals surface area contributed by atoms with Crippen molar-refractivity contribution in [1.29, 1.82) is 0 Å². The van der Waals surface area contributed by atoms with Gasteiger partial charge in [-0.15, -0.1) is 11.8 Å². The highest BCUT2D eigenvalue weighted by Gasteiger charge is 2.21. The molecule has 7 heteroatoms. The zero-order chi connectivity index (χ0) is 19.9. The molecule has 0 aromatic carbocycles. The summed E-state index contributed by atoms with van der Waals surface area (Å²) >= 11 is 1.52. The summed E-state index contributed by atoms with van der Waals surface area (Å²) in [4.78, 5) is 17.0. The number of thioether (sulfide) groups is 1. The second-order valence-corrected chi connectivity index (χ2v) is 8.34. The van der Waals surface area contributed by atoms with Crippen molar-refractivity contribution < 1.29 is 14.1 Å². The van der Waals surface area contributed by atoms with E-state index in [1.165, 1.54) is 31.0 Å². The Hall–Kier alpha value is -1.86. The molecule has 3 rings (SSSR count). The summed E-state index contributed by atoms with van der Waals surface area (Å²) in [6.07, 6.45) is 6.93.